The van der Waals surface area contributed by atoms with Gasteiger partial charge in [0.15, 0.2) is 5.84 Å². The van der Waals surface area contributed by atoms with E-state index in [1.165, 1.54) is 0 Å². The van der Waals surface area contributed by atoms with Crippen LogP contribution in [0.1, 0.15) is 23.2 Å². The van der Waals surface area contributed by atoms with Crippen LogP contribution in [0.4, 0.5) is 0 Å². The first kappa shape index (κ1) is 12.7. The van der Waals surface area contributed by atoms with E-state index in [0.29, 0.717) is 17.1 Å². The summed E-state index contributed by atoms with van der Waals surface area (Å²) in [6, 6.07) is 6.36. The van der Waals surface area contributed by atoms with Gasteiger partial charge in [-0.1, -0.05) is 16.8 Å². The highest BCUT2D eigenvalue weighted by Crippen LogP contribution is 2.21. The van der Waals surface area contributed by atoms with Crippen LogP contribution in [0.2, 0.25) is 5.02 Å². The molecule has 1 atom stereocenters. The summed E-state index contributed by atoms with van der Waals surface area (Å²) in [7, 11) is 0. The number of hydrogen-bond donors (Lipinski definition) is 2. The van der Waals surface area contributed by atoms with Crippen molar-refractivity contribution in [2.24, 2.45) is 10.9 Å². The molecule has 5 nitrogen and oxygen atoms in total. The molecule has 18 heavy (non-hydrogen) atoms. The summed E-state index contributed by atoms with van der Waals surface area (Å²) in [6.07, 6.45) is 1.56. The molecule has 1 fully saturated rings. The highest BCUT2D eigenvalue weighted by atomic mass is 35.5. The van der Waals surface area contributed by atoms with Crippen LogP contribution in [0.3, 0.4) is 0 Å². The normalized spacial score (nSPS) is 20.2. The first-order chi connectivity index (χ1) is 8.63. The van der Waals surface area contributed by atoms with Gasteiger partial charge in [0.25, 0.3) is 5.91 Å². The van der Waals surface area contributed by atoms with Crippen LogP contribution in [0.15, 0.2) is 29.4 Å². The van der Waals surface area contributed by atoms with Crippen molar-refractivity contribution in [3.8, 4) is 0 Å². The van der Waals surface area contributed by atoms with Gasteiger partial charge >= 0.3 is 0 Å². The SMILES string of the molecule is NC(=NO)C1CCCN1C(=O)c1ccc(Cl)cc1. The third-order valence-electron chi connectivity index (χ3n) is 3.06. The lowest BCUT2D eigenvalue weighted by atomic mass is 10.1. The first-order valence-electron chi connectivity index (χ1n) is 5.67. The van der Waals surface area contributed by atoms with E-state index in [0.717, 1.165) is 12.8 Å². The van der Waals surface area contributed by atoms with E-state index in [1.807, 2.05) is 0 Å². The minimum atomic E-state index is -0.321. The van der Waals surface area contributed by atoms with Crippen LogP contribution in [0.5, 0.6) is 0 Å². The third kappa shape index (κ3) is 2.41. The quantitative estimate of drug-likeness (QED) is 0.370. The van der Waals surface area contributed by atoms with E-state index in [-0.39, 0.29) is 17.8 Å². The maximum absolute atomic E-state index is 12.3. The van der Waals surface area contributed by atoms with Gasteiger partial charge < -0.3 is 15.8 Å². The molecule has 0 spiro atoms. The Labute approximate surface area is 110 Å². The molecular weight excluding hydrogens is 254 g/mol. The molecule has 0 aliphatic carbocycles. The maximum Gasteiger partial charge on any atom is 0.254 e. The monoisotopic (exact) mass is 267 g/mol. The van der Waals surface area contributed by atoms with Crippen LogP contribution < -0.4 is 5.73 Å². The van der Waals surface area contributed by atoms with Gasteiger partial charge in [-0.25, -0.2) is 0 Å². The molecule has 1 aromatic carbocycles. The zero-order valence-corrected chi connectivity index (χ0v) is 10.5. The summed E-state index contributed by atoms with van der Waals surface area (Å²) < 4.78 is 0. The number of hydrogen-bond acceptors (Lipinski definition) is 3. The van der Waals surface area contributed by atoms with E-state index in [9.17, 15) is 4.79 Å². The number of amidine groups is 1. The summed E-state index contributed by atoms with van der Waals surface area (Å²) in [6.45, 7) is 0.613. The minimum absolute atomic E-state index is 0.0785. The van der Waals surface area contributed by atoms with Gasteiger partial charge in [-0.3, -0.25) is 4.79 Å². The van der Waals surface area contributed by atoms with Crippen molar-refractivity contribution in [2.75, 3.05) is 6.54 Å². The average Bonchev–Trinajstić information content (AvgIpc) is 2.87. The Balaban J connectivity index is 2.20. The number of rotatable bonds is 2. The number of nitrogens with two attached hydrogens (primary N) is 1. The van der Waals surface area contributed by atoms with Crippen molar-refractivity contribution in [1.29, 1.82) is 0 Å². The van der Waals surface area contributed by atoms with E-state index < -0.39 is 0 Å². The lowest BCUT2D eigenvalue weighted by molar-refractivity contribution is 0.0768. The third-order valence-corrected chi connectivity index (χ3v) is 3.31. The molecule has 1 aliphatic rings. The van der Waals surface area contributed by atoms with Gasteiger partial charge in [-0.05, 0) is 37.1 Å². The van der Waals surface area contributed by atoms with Gasteiger partial charge in [0, 0.05) is 17.1 Å². The molecule has 2 rings (SSSR count). The molecular formula is C12H14ClN3O2. The zero-order valence-electron chi connectivity index (χ0n) is 9.71. The second-order valence-corrected chi connectivity index (χ2v) is 4.62. The number of amides is 1. The molecule has 1 aromatic rings. The maximum atomic E-state index is 12.3. The van der Waals surface area contributed by atoms with Crippen LogP contribution in [-0.2, 0) is 0 Å². The van der Waals surface area contributed by atoms with Gasteiger partial charge in [0.2, 0.25) is 0 Å². The topological polar surface area (TPSA) is 78.9 Å². The van der Waals surface area contributed by atoms with E-state index >= 15 is 0 Å². The van der Waals surface area contributed by atoms with Gasteiger partial charge in [0.05, 0.1) is 6.04 Å². The highest BCUT2D eigenvalue weighted by molar-refractivity contribution is 6.30. The molecule has 1 saturated heterocycles. The predicted molar refractivity (Wildman–Crippen MR) is 68.9 cm³/mol. The Morgan fingerprint density at radius 1 is 1.44 bits per heavy atom. The number of oxime groups is 1. The fourth-order valence-electron chi connectivity index (χ4n) is 2.14. The molecule has 3 N–H and O–H groups in total. The van der Waals surface area contributed by atoms with Crippen molar-refractivity contribution in [2.45, 2.75) is 18.9 Å². The Morgan fingerprint density at radius 2 is 2.11 bits per heavy atom. The van der Waals surface area contributed by atoms with Crippen molar-refractivity contribution < 1.29 is 10.0 Å². The standard InChI is InChI=1S/C12H14ClN3O2/c13-9-5-3-8(4-6-9)12(17)16-7-1-2-10(16)11(14)15-18/h3-6,10,18H,1-2,7H2,(H2,14,15). The number of halogens is 1. The zero-order chi connectivity index (χ0) is 13.1. The number of carbonyl (C=O) groups excluding carboxylic acids is 1. The van der Waals surface area contributed by atoms with Crippen LogP contribution in [0, 0.1) is 0 Å². The van der Waals surface area contributed by atoms with Crippen LogP contribution in [-0.4, -0.2) is 34.4 Å². The molecule has 6 heteroatoms. The van der Waals surface area contributed by atoms with Crippen LogP contribution in [0.25, 0.3) is 0 Å². The van der Waals surface area contributed by atoms with E-state index in [1.54, 1.807) is 29.2 Å². The lowest BCUT2D eigenvalue weighted by Crippen LogP contribution is -2.43. The number of likely N-dealkylation sites (tertiary alicyclic amines) is 1. The largest absolute Gasteiger partial charge is 0.409 e. The molecule has 0 bridgehead atoms. The summed E-state index contributed by atoms with van der Waals surface area (Å²) in [5.74, 6) is -0.0458. The molecule has 1 amide bonds. The number of nitrogens with zero attached hydrogens (tertiary/aromatic N) is 2. The molecule has 1 heterocycles. The van der Waals surface area contributed by atoms with Gasteiger partial charge in [-0.2, -0.15) is 0 Å². The second kappa shape index (κ2) is 5.27. The predicted octanol–water partition coefficient (Wildman–Crippen LogP) is 1.69. The van der Waals surface area contributed by atoms with Gasteiger partial charge in [-0.15, -0.1) is 0 Å². The number of benzene rings is 1. The molecule has 0 saturated carbocycles. The second-order valence-electron chi connectivity index (χ2n) is 4.19. The highest BCUT2D eigenvalue weighted by Gasteiger charge is 2.32. The molecule has 1 unspecified atom stereocenters. The summed E-state index contributed by atoms with van der Waals surface area (Å²) >= 11 is 5.78. The molecule has 96 valence electrons. The Bertz CT molecular complexity index is 473. The Morgan fingerprint density at radius 3 is 2.72 bits per heavy atom. The molecule has 0 radical (unpaired) electrons. The molecule has 1 aliphatic heterocycles. The molecule has 0 aromatic heterocycles. The smallest absolute Gasteiger partial charge is 0.254 e. The Kier molecular flexibility index (Phi) is 3.72. The van der Waals surface area contributed by atoms with Crippen molar-refractivity contribution in [1.82, 2.24) is 4.90 Å². The van der Waals surface area contributed by atoms with Crippen molar-refractivity contribution in [3.05, 3.63) is 34.9 Å². The number of carbonyl (C=O) groups is 1. The summed E-state index contributed by atoms with van der Waals surface area (Å²) in [5, 5.41) is 12.3. The lowest BCUT2D eigenvalue weighted by Gasteiger charge is -2.23. The average molecular weight is 268 g/mol. The fourth-order valence-corrected chi connectivity index (χ4v) is 2.27. The summed E-state index contributed by atoms with van der Waals surface area (Å²) in [4.78, 5) is 13.9. The van der Waals surface area contributed by atoms with E-state index in [2.05, 4.69) is 5.16 Å². The van der Waals surface area contributed by atoms with Crippen LogP contribution >= 0.6 is 11.6 Å². The van der Waals surface area contributed by atoms with E-state index in [4.69, 9.17) is 22.5 Å². The summed E-state index contributed by atoms with van der Waals surface area (Å²) in [5.41, 5.74) is 6.15. The Hall–Kier alpha value is -1.75. The van der Waals surface area contributed by atoms with Crippen molar-refractivity contribution >= 4 is 23.3 Å². The first-order valence-corrected chi connectivity index (χ1v) is 6.05. The van der Waals surface area contributed by atoms with Gasteiger partial charge in [0.1, 0.15) is 0 Å². The minimum Gasteiger partial charge on any atom is -0.409 e. The fraction of sp³-hybridized carbons (Fsp3) is 0.333. The van der Waals surface area contributed by atoms with Crippen molar-refractivity contribution in [3.63, 3.8) is 0 Å².